The van der Waals surface area contributed by atoms with Gasteiger partial charge in [-0.1, -0.05) is 67.9 Å². The minimum atomic E-state index is -1.16. The molecular weight excluding hydrogens is 626 g/mol. The molecule has 4 amide bonds. The Bertz CT molecular complexity index is 1310. The maximum atomic E-state index is 13.2. The van der Waals surface area contributed by atoms with E-state index in [2.05, 4.69) is 26.3 Å². The Morgan fingerprint density at radius 1 is 0.915 bits per heavy atom. The van der Waals surface area contributed by atoms with Crippen LogP contribution in [0.1, 0.15) is 57.6 Å². The van der Waals surface area contributed by atoms with Crippen molar-refractivity contribution in [2.75, 3.05) is 13.1 Å². The van der Waals surface area contributed by atoms with Crippen LogP contribution in [0.5, 0.6) is 0 Å². The second-order valence-electron chi connectivity index (χ2n) is 11.7. The number of guanidine groups is 1. The van der Waals surface area contributed by atoms with E-state index in [1.165, 1.54) is 6.92 Å². The number of hydrogen-bond acceptors (Lipinski definition) is 7. The molecule has 2 aromatic rings. The molecule has 13 nitrogen and oxygen atoms in total. The second-order valence-corrected chi connectivity index (χ2v) is 12.1. The molecule has 0 aliphatic heterocycles. The van der Waals surface area contributed by atoms with Crippen LogP contribution >= 0.6 is 11.6 Å². The van der Waals surface area contributed by atoms with Gasteiger partial charge in [0.05, 0.1) is 18.6 Å². The van der Waals surface area contributed by atoms with Gasteiger partial charge in [0.15, 0.2) is 5.96 Å². The first kappa shape index (κ1) is 38.8. The third kappa shape index (κ3) is 16.2. The number of ether oxygens (including phenoxy) is 1. The van der Waals surface area contributed by atoms with E-state index in [-0.39, 0.29) is 43.8 Å². The summed E-state index contributed by atoms with van der Waals surface area (Å²) in [7, 11) is 0. The zero-order valence-electron chi connectivity index (χ0n) is 27.2. The normalized spacial score (nSPS) is 13.4. The lowest BCUT2D eigenvalue weighted by atomic mass is 9.96. The molecule has 2 rings (SSSR count). The first-order valence-electron chi connectivity index (χ1n) is 15.7. The molecule has 0 heterocycles. The molecule has 0 radical (unpaired) electrons. The summed E-state index contributed by atoms with van der Waals surface area (Å²) < 4.78 is 5.26. The lowest BCUT2D eigenvalue weighted by molar-refractivity contribution is -0.131. The molecule has 0 saturated carbocycles. The Labute approximate surface area is 281 Å². The van der Waals surface area contributed by atoms with E-state index in [1.807, 2.05) is 44.2 Å². The monoisotopic (exact) mass is 673 g/mol. The number of nitrogens with two attached hydrogens (primary N) is 2. The average Bonchev–Trinajstić information content (AvgIpc) is 3.02. The fraction of sp³-hybridized carbons (Fsp3) is 0.485. The van der Waals surface area contributed by atoms with E-state index < -0.39 is 42.1 Å². The molecule has 0 spiro atoms. The number of aliphatic hydroxyl groups is 1. The van der Waals surface area contributed by atoms with E-state index in [1.54, 1.807) is 24.3 Å². The third-order valence-electron chi connectivity index (χ3n) is 7.08. The molecule has 0 aliphatic rings. The molecule has 0 unspecified atom stereocenters. The Hall–Kier alpha value is -4.36. The lowest BCUT2D eigenvalue weighted by Gasteiger charge is -2.27. The molecule has 0 fully saturated rings. The number of rotatable bonds is 19. The first-order chi connectivity index (χ1) is 22.3. The van der Waals surface area contributed by atoms with Gasteiger partial charge < -0.3 is 42.6 Å². The lowest BCUT2D eigenvalue weighted by Crippen LogP contribution is -2.55. The van der Waals surface area contributed by atoms with Gasteiger partial charge in [0.1, 0.15) is 18.7 Å². The number of hydrogen-bond donors (Lipinski definition) is 7. The van der Waals surface area contributed by atoms with Crippen LogP contribution in [0.2, 0.25) is 5.02 Å². The second kappa shape index (κ2) is 20.7. The number of amides is 4. The van der Waals surface area contributed by atoms with Crippen molar-refractivity contribution in [3.63, 3.8) is 0 Å². The van der Waals surface area contributed by atoms with Crippen molar-refractivity contribution in [3.05, 3.63) is 70.7 Å². The van der Waals surface area contributed by atoms with E-state index >= 15 is 0 Å². The summed E-state index contributed by atoms with van der Waals surface area (Å²) in [5, 5.41) is 22.3. The molecule has 0 aliphatic carbocycles. The van der Waals surface area contributed by atoms with Crippen molar-refractivity contribution in [2.45, 2.75) is 83.7 Å². The maximum absolute atomic E-state index is 13.2. The summed E-state index contributed by atoms with van der Waals surface area (Å²) >= 11 is 5.91. The SMILES string of the molecule is CC(C)C[C@@H](NC(=O)[C@H](C)NC(=O)[C@H](CCCN=C(N)N)NC(=O)OCc1ccccc1)[C@H](O)CC(=O)NCCc1ccc(Cl)cc1. The van der Waals surface area contributed by atoms with Crippen molar-refractivity contribution in [1.29, 1.82) is 0 Å². The number of nitrogens with zero attached hydrogens (tertiary/aromatic N) is 1. The topological polar surface area (TPSA) is 210 Å². The number of nitrogens with one attached hydrogen (secondary N) is 4. The van der Waals surface area contributed by atoms with Gasteiger partial charge in [0.25, 0.3) is 0 Å². The number of aliphatic hydroxyl groups excluding tert-OH is 1. The van der Waals surface area contributed by atoms with Crippen LogP contribution in [0.4, 0.5) is 4.79 Å². The minimum absolute atomic E-state index is 0.00770. The van der Waals surface area contributed by atoms with Crippen molar-refractivity contribution in [3.8, 4) is 0 Å². The Balaban J connectivity index is 1.95. The molecular formula is C33H48ClN7O6. The van der Waals surface area contributed by atoms with E-state index in [4.69, 9.17) is 27.8 Å². The molecule has 9 N–H and O–H groups in total. The van der Waals surface area contributed by atoms with Gasteiger partial charge in [-0.2, -0.15) is 0 Å². The highest BCUT2D eigenvalue weighted by Crippen LogP contribution is 2.13. The highest BCUT2D eigenvalue weighted by Gasteiger charge is 2.29. The van der Waals surface area contributed by atoms with E-state index in [0.717, 1.165) is 11.1 Å². The van der Waals surface area contributed by atoms with Crippen LogP contribution in [0, 0.1) is 5.92 Å². The number of alkyl carbamates (subject to hydrolysis) is 1. The summed E-state index contributed by atoms with van der Waals surface area (Å²) in [5.74, 6) is -1.54. The Kier molecular flexibility index (Phi) is 17.1. The van der Waals surface area contributed by atoms with Gasteiger partial charge in [-0.3, -0.25) is 19.4 Å². The minimum Gasteiger partial charge on any atom is -0.445 e. The maximum Gasteiger partial charge on any atom is 0.408 e. The van der Waals surface area contributed by atoms with Crippen LogP contribution in [-0.4, -0.2) is 72.2 Å². The first-order valence-corrected chi connectivity index (χ1v) is 16.0. The molecule has 4 atom stereocenters. The Morgan fingerprint density at radius 2 is 1.60 bits per heavy atom. The van der Waals surface area contributed by atoms with Gasteiger partial charge in [-0.25, -0.2) is 4.79 Å². The van der Waals surface area contributed by atoms with Crippen LogP contribution in [0.25, 0.3) is 0 Å². The van der Waals surface area contributed by atoms with Crippen molar-refractivity contribution in [1.82, 2.24) is 21.3 Å². The molecule has 47 heavy (non-hydrogen) atoms. The largest absolute Gasteiger partial charge is 0.445 e. The van der Waals surface area contributed by atoms with Gasteiger partial charge >= 0.3 is 6.09 Å². The highest BCUT2D eigenvalue weighted by atomic mass is 35.5. The third-order valence-corrected chi connectivity index (χ3v) is 7.33. The molecule has 2 aromatic carbocycles. The van der Waals surface area contributed by atoms with Crippen molar-refractivity contribution >= 4 is 41.4 Å². The summed E-state index contributed by atoms with van der Waals surface area (Å²) in [4.78, 5) is 55.3. The molecule has 0 saturated heterocycles. The standard InChI is InChI=1S/C33H48ClN7O6/c1-21(2)18-27(28(42)19-29(43)37-17-15-23-11-13-25(34)14-12-23)40-30(44)22(3)39-31(45)26(10-7-16-38-32(35)36)41-33(46)47-20-24-8-5-4-6-9-24/h4-6,8-9,11-14,21-22,26-28,42H,7,10,15-20H2,1-3H3,(H,37,43)(H,39,45)(H,40,44)(H,41,46)(H4,35,36,38)/t22-,26-,27+,28+/m0/s1. The van der Waals surface area contributed by atoms with Gasteiger partial charge in [0.2, 0.25) is 17.7 Å². The molecule has 0 bridgehead atoms. The highest BCUT2D eigenvalue weighted by molar-refractivity contribution is 6.30. The van der Waals surface area contributed by atoms with Gasteiger partial charge in [-0.15, -0.1) is 0 Å². The van der Waals surface area contributed by atoms with Crippen LogP contribution < -0.4 is 32.7 Å². The number of halogens is 1. The number of benzene rings is 2. The Morgan fingerprint density at radius 3 is 2.23 bits per heavy atom. The molecule has 258 valence electrons. The smallest absolute Gasteiger partial charge is 0.408 e. The van der Waals surface area contributed by atoms with Crippen LogP contribution in [-0.2, 0) is 32.1 Å². The summed E-state index contributed by atoms with van der Waals surface area (Å²) in [5.41, 5.74) is 12.5. The molecule has 0 aromatic heterocycles. The fourth-order valence-electron chi connectivity index (χ4n) is 4.59. The van der Waals surface area contributed by atoms with E-state index in [0.29, 0.717) is 30.8 Å². The predicted octanol–water partition coefficient (Wildman–Crippen LogP) is 2.13. The van der Waals surface area contributed by atoms with E-state index in [9.17, 15) is 24.3 Å². The summed E-state index contributed by atoms with van der Waals surface area (Å²) in [6.07, 6.45) is -0.667. The summed E-state index contributed by atoms with van der Waals surface area (Å²) in [6.45, 7) is 5.95. The van der Waals surface area contributed by atoms with Crippen molar-refractivity contribution in [2.24, 2.45) is 22.4 Å². The number of carbonyl (C=O) groups excluding carboxylic acids is 4. The zero-order chi connectivity index (χ0) is 34.8. The quantitative estimate of drug-likeness (QED) is 0.0665. The predicted molar refractivity (Wildman–Crippen MR) is 181 cm³/mol. The van der Waals surface area contributed by atoms with Crippen molar-refractivity contribution < 1.29 is 29.0 Å². The van der Waals surface area contributed by atoms with Gasteiger partial charge in [0, 0.05) is 18.1 Å². The summed E-state index contributed by atoms with van der Waals surface area (Å²) in [6, 6.07) is 13.5. The average molecular weight is 674 g/mol. The fourth-order valence-corrected chi connectivity index (χ4v) is 4.71. The number of aliphatic imine (C=N–C) groups is 1. The van der Waals surface area contributed by atoms with Gasteiger partial charge in [-0.05, 0) is 61.8 Å². The number of carbonyl (C=O) groups is 4. The zero-order valence-corrected chi connectivity index (χ0v) is 28.0. The van der Waals surface area contributed by atoms with Crippen LogP contribution in [0.3, 0.4) is 0 Å². The molecule has 14 heteroatoms. The van der Waals surface area contributed by atoms with Crippen LogP contribution in [0.15, 0.2) is 59.6 Å².